The zero-order chi connectivity index (χ0) is 21.9. The Labute approximate surface area is 209 Å². The molecule has 0 saturated heterocycles. The van der Waals surface area contributed by atoms with Crippen LogP contribution >= 0.6 is 0 Å². The van der Waals surface area contributed by atoms with Crippen molar-refractivity contribution in [2.24, 2.45) is 0 Å². The number of nitrogens with zero attached hydrogens (tertiary/aromatic N) is 1. The molecule has 1 radical (unpaired) electrons. The van der Waals surface area contributed by atoms with Gasteiger partial charge in [-0.2, -0.15) is 0 Å². The normalized spacial score (nSPS) is 15.8. The maximum atomic E-state index is 5.04. The Kier molecular flexibility index (Phi) is 5.27. The van der Waals surface area contributed by atoms with Crippen LogP contribution in [0.5, 0.6) is 0 Å². The first-order valence-electron chi connectivity index (χ1n) is 11.4. The third-order valence-electron chi connectivity index (χ3n) is 7.39. The average Bonchev–Trinajstić information content (AvgIpc) is 3.09. The van der Waals surface area contributed by atoms with E-state index < -0.39 is 0 Å². The van der Waals surface area contributed by atoms with Gasteiger partial charge in [0.05, 0.1) is 0 Å². The van der Waals surface area contributed by atoms with E-state index in [9.17, 15) is 0 Å². The molecule has 0 atom stereocenters. The summed E-state index contributed by atoms with van der Waals surface area (Å²) < 4.78 is 0. The van der Waals surface area contributed by atoms with Gasteiger partial charge in [0.25, 0.3) is 0 Å². The molecule has 4 aromatic carbocycles. The molecule has 0 fully saturated rings. The molecule has 6 rings (SSSR count). The summed E-state index contributed by atoms with van der Waals surface area (Å²) in [5.74, 6) is 0. The van der Waals surface area contributed by atoms with E-state index >= 15 is 0 Å². The smallest absolute Gasteiger partial charge is 0.0461 e. The Bertz CT molecular complexity index is 1430. The molecule has 1 heterocycles. The third-order valence-corrected chi connectivity index (χ3v) is 7.39. The predicted molar refractivity (Wildman–Crippen MR) is 133 cm³/mol. The molecule has 0 aliphatic heterocycles. The van der Waals surface area contributed by atoms with Gasteiger partial charge in [-0.25, -0.2) is 0 Å². The van der Waals surface area contributed by atoms with Crippen LogP contribution in [0.4, 0.5) is 0 Å². The third kappa shape index (κ3) is 3.12. The molecule has 2 heteroatoms. The van der Waals surface area contributed by atoms with Gasteiger partial charge in [0.1, 0.15) is 0 Å². The molecule has 0 amide bonds. The van der Waals surface area contributed by atoms with E-state index in [2.05, 4.69) is 112 Å². The predicted octanol–water partition coefficient (Wildman–Crippen LogP) is 7.51. The van der Waals surface area contributed by atoms with Crippen molar-refractivity contribution in [1.29, 1.82) is 0 Å². The summed E-state index contributed by atoms with van der Waals surface area (Å²) in [4.78, 5) is 5.04. The van der Waals surface area contributed by atoms with E-state index in [1.54, 1.807) is 0 Å². The molecule has 5 aromatic rings. The van der Waals surface area contributed by atoms with E-state index in [0.29, 0.717) is 0 Å². The van der Waals surface area contributed by atoms with Gasteiger partial charge in [-0.1, -0.05) is 86.1 Å². The first-order chi connectivity index (χ1) is 15.5. The minimum atomic E-state index is -0.225. The van der Waals surface area contributed by atoms with E-state index in [4.69, 9.17) is 4.98 Å². The molecule has 0 N–H and O–H groups in total. The summed E-state index contributed by atoms with van der Waals surface area (Å²) in [6.45, 7) is 6.95. The molecule has 0 saturated carbocycles. The second-order valence-electron chi connectivity index (χ2n) is 9.79. The summed E-state index contributed by atoms with van der Waals surface area (Å²) >= 11 is 0. The van der Waals surface area contributed by atoms with Gasteiger partial charge in [-0.05, 0) is 51.9 Å². The van der Waals surface area contributed by atoms with Gasteiger partial charge in [-0.15, -0.1) is 35.0 Å². The van der Waals surface area contributed by atoms with Crippen LogP contribution in [0.1, 0.15) is 48.1 Å². The molecule has 1 aromatic heterocycles. The Morgan fingerprint density at radius 3 is 2.09 bits per heavy atom. The van der Waals surface area contributed by atoms with Crippen molar-refractivity contribution in [1.82, 2.24) is 4.98 Å². The monoisotopic (exact) mass is 605 g/mol. The number of hydrogen-bond acceptors (Lipinski definition) is 1. The van der Waals surface area contributed by atoms with Gasteiger partial charge in [0.2, 0.25) is 0 Å². The minimum Gasteiger partial charge on any atom is -0.304 e. The maximum absolute atomic E-state index is 5.04. The van der Waals surface area contributed by atoms with E-state index in [1.807, 2.05) is 6.07 Å². The van der Waals surface area contributed by atoms with Crippen LogP contribution in [0.15, 0.2) is 91.1 Å². The first-order valence-corrected chi connectivity index (χ1v) is 11.4. The Morgan fingerprint density at radius 1 is 0.818 bits per heavy atom. The van der Waals surface area contributed by atoms with Crippen LogP contribution in [-0.2, 0) is 30.9 Å². The molecule has 33 heavy (non-hydrogen) atoms. The van der Waals surface area contributed by atoms with Crippen LogP contribution in [0.2, 0.25) is 0 Å². The fourth-order valence-corrected chi connectivity index (χ4v) is 6.05. The molecule has 0 spiro atoms. The van der Waals surface area contributed by atoms with Crippen LogP contribution in [-0.4, -0.2) is 4.98 Å². The van der Waals surface area contributed by atoms with Crippen molar-refractivity contribution in [3.63, 3.8) is 0 Å². The largest absolute Gasteiger partial charge is 0.304 e. The number of benzene rings is 4. The number of pyridine rings is 1. The topological polar surface area (TPSA) is 12.9 Å². The van der Waals surface area contributed by atoms with Crippen LogP contribution in [0.25, 0.3) is 21.7 Å². The Morgan fingerprint density at radius 2 is 1.45 bits per heavy atom. The average molecular weight is 605 g/mol. The number of aryl methyl sites for hydroxylation is 1. The second-order valence-corrected chi connectivity index (χ2v) is 9.79. The van der Waals surface area contributed by atoms with Gasteiger partial charge in [0, 0.05) is 31.7 Å². The number of rotatable bonds is 2. The molecular formula is C31H26IrN-. The molecule has 0 unspecified atom stereocenters. The molecule has 165 valence electrons. The summed E-state index contributed by atoms with van der Waals surface area (Å²) in [6, 6.07) is 34.2. The zero-order valence-electron chi connectivity index (χ0n) is 19.1. The second kappa shape index (κ2) is 7.90. The summed E-state index contributed by atoms with van der Waals surface area (Å²) in [5.41, 5.74) is 7.57. The van der Waals surface area contributed by atoms with E-state index in [1.165, 1.54) is 38.6 Å². The number of hydrogen-bond donors (Lipinski definition) is 0. The summed E-state index contributed by atoms with van der Waals surface area (Å²) in [5, 5.41) is 3.60. The summed E-state index contributed by atoms with van der Waals surface area (Å²) in [6.07, 6.45) is 3.15. The van der Waals surface area contributed by atoms with Crippen molar-refractivity contribution in [2.45, 2.75) is 38.0 Å². The van der Waals surface area contributed by atoms with Crippen LogP contribution in [0.3, 0.4) is 0 Å². The fourth-order valence-electron chi connectivity index (χ4n) is 6.05. The Balaban J connectivity index is 0.00000228. The first kappa shape index (κ1) is 22.0. The molecule has 0 bridgehead atoms. The molecular weight excluding hydrogens is 579 g/mol. The van der Waals surface area contributed by atoms with E-state index in [-0.39, 0.29) is 30.9 Å². The SMILES string of the molecule is Cc1cc2c3c(cnc2c2[c-]cccc12)C(C)(C)CC3(c1ccccc1)c1ccccc1.[Ir]. The van der Waals surface area contributed by atoms with Crippen molar-refractivity contribution >= 4 is 21.7 Å². The van der Waals surface area contributed by atoms with Crippen LogP contribution < -0.4 is 0 Å². The van der Waals surface area contributed by atoms with Crippen molar-refractivity contribution in [2.75, 3.05) is 0 Å². The van der Waals surface area contributed by atoms with E-state index in [0.717, 1.165) is 17.3 Å². The molecule has 1 aliphatic carbocycles. The number of aromatic nitrogens is 1. The summed E-state index contributed by atoms with van der Waals surface area (Å²) in [7, 11) is 0. The van der Waals surface area contributed by atoms with Crippen molar-refractivity contribution in [3.05, 3.63) is 125 Å². The fraction of sp³-hybridized carbons (Fsp3) is 0.194. The van der Waals surface area contributed by atoms with Gasteiger partial charge < -0.3 is 4.98 Å². The standard InChI is InChI=1S/C31H26N.Ir/c1-21-18-26-28-27(19-32-29(26)25-17-11-10-16-24(21)25)30(2,3)20-31(28,22-12-6-4-7-13-22)23-14-8-5-9-15-23;/h4-16,18-19H,20H2,1-3H3;/q-1;. The minimum absolute atomic E-state index is 0. The maximum Gasteiger partial charge on any atom is 0.0461 e. The number of fused-ring (bicyclic) bond motifs is 5. The van der Waals surface area contributed by atoms with Gasteiger partial charge in [0.15, 0.2) is 0 Å². The molecule has 1 aliphatic rings. The van der Waals surface area contributed by atoms with Gasteiger partial charge in [-0.3, -0.25) is 0 Å². The van der Waals surface area contributed by atoms with Gasteiger partial charge >= 0.3 is 0 Å². The van der Waals surface area contributed by atoms with Crippen molar-refractivity contribution in [3.8, 4) is 0 Å². The zero-order valence-corrected chi connectivity index (χ0v) is 21.5. The quantitative estimate of drug-likeness (QED) is 0.150. The Hall–Kier alpha value is -2.80. The van der Waals surface area contributed by atoms with Crippen LogP contribution in [0, 0.1) is 13.0 Å². The molecule has 1 nitrogen and oxygen atoms in total. The van der Waals surface area contributed by atoms with Crippen molar-refractivity contribution < 1.29 is 20.1 Å².